The van der Waals surface area contributed by atoms with Gasteiger partial charge < -0.3 is 51.6 Å². The van der Waals surface area contributed by atoms with Crippen LogP contribution in [0.3, 0.4) is 0 Å². The number of nitrogens with two attached hydrogens (primary N) is 1. The Bertz CT molecular complexity index is 5050. The van der Waals surface area contributed by atoms with E-state index in [4.69, 9.17) is 36.7 Å². The van der Waals surface area contributed by atoms with Crippen LogP contribution in [-0.2, 0) is 44.2 Å². The molecule has 101 heavy (non-hydrogen) atoms. The number of hydrogen-bond donors (Lipinski definition) is 8. The highest BCUT2D eigenvalue weighted by atomic mass is 32.2. The van der Waals surface area contributed by atoms with E-state index >= 15 is 0 Å². The first-order valence-corrected chi connectivity index (χ1v) is 35.2. The van der Waals surface area contributed by atoms with E-state index in [1.54, 1.807) is 42.5 Å². The quantitative estimate of drug-likeness (QED) is 0.00380. The topological polar surface area (TPSA) is 439 Å². The number of nitriles is 1. The number of Topliss-reactive ketones (excluding diaryl/α,β-unsaturated/α-hetero) is 2. The van der Waals surface area contributed by atoms with Crippen LogP contribution in [0.25, 0.3) is 17.0 Å². The molecule has 0 aliphatic heterocycles. The number of benzene rings is 5. The first-order valence-electron chi connectivity index (χ1n) is 29.8. The van der Waals surface area contributed by atoms with E-state index in [1.165, 1.54) is 93.9 Å². The van der Waals surface area contributed by atoms with Crippen molar-refractivity contribution < 1.29 is 64.2 Å². The molecule has 0 aliphatic rings. The van der Waals surface area contributed by atoms with Gasteiger partial charge >= 0.3 is 0 Å². The fourth-order valence-electron chi connectivity index (χ4n) is 9.57. The second kappa shape index (κ2) is 33.3. The van der Waals surface area contributed by atoms with E-state index < -0.39 is 80.3 Å². The number of primary amides is 1. The summed E-state index contributed by atoms with van der Waals surface area (Å²) in [4.78, 5) is 96.6. The summed E-state index contributed by atoms with van der Waals surface area (Å²) in [5.41, 5.74) is 5.89. The van der Waals surface area contributed by atoms with Crippen molar-refractivity contribution >= 4 is 181 Å². The smallest absolute Gasteiger partial charge is 0.297 e. The maximum absolute atomic E-state index is 13.7. The fraction of sp³-hybridized carbons (Fsp3) is 0.185. The number of carbonyl (C=O) groups is 6. The normalized spacial score (nSPS) is 11.7. The molecule has 8 aromatic rings. The summed E-state index contributed by atoms with van der Waals surface area (Å²) in [6.45, 7) is 19.8. The lowest BCUT2D eigenvalue weighted by molar-refractivity contribution is -0.120. The van der Waals surface area contributed by atoms with E-state index in [9.17, 15) is 60.0 Å². The van der Waals surface area contributed by atoms with Crippen LogP contribution < -0.4 is 51.6 Å². The Morgan fingerprint density at radius 3 is 1.70 bits per heavy atom. The molecule has 3 aromatic heterocycles. The molecule has 31 nitrogen and oxygen atoms in total. The Kier molecular flexibility index (Phi) is 24.8. The third-order valence-corrected chi connectivity index (χ3v) is 19.1. The molecule has 4 amide bonds. The van der Waals surface area contributed by atoms with Gasteiger partial charge in [-0.3, -0.25) is 37.9 Å². The molecule has 9 N–H and O–H groups in total. The van der Waals surface area contributed by atoms with Crippen molar-refractivity contribution in [2.75, 3.05) is 76.8 Å². The number of nitrogens with zero attached hydrogens (tertiary/aromatic N) is 11. The largest absolute Gasteiger partial charge is 0.494 e. The molecule has 0 bridgehead atoms. The van der Waals surface area contributed by atoms with Crippen LogP contribution in [0.4, 0.5) is 78.8 Å². The molecule has 520 valence electrons. The van der Waals surface area contributed by atoms with E-state index in [0.717, 1.165) is 36.1 Å². The highest BCUT2D eigenvalue weighted by Gasteiger charge is 2.30. The molecule has 0 fully saturated rings. The van der Waals surface area contributed by atoms with Gasteiger partial charge in [0, 0.05) is 70.7 Å². The minimum atomic E-state index is -5.33. The number of methoxy groups -OCH3 is 2. The standard InChI is InChI=1S/C65H61N17O14S5/c1-10-81(11-2)52-29-47(49(31-54(52)95-8)77-79-61-46(33-66)57(101(92,93)94)56(99-61)28-45(36(6)85)60(88)70-39-19-14-17-37(23-39)58(67)86)72-63-74-64(76-65(75-63)98-41-21-16-22-43(25-41)100(89,90)91)73-48-30-53(82(12-3)13-4)55(96-9)32-50(48)78-80-62-51(68-7)27-42(97-62)26-44(35(5)84)59(87)71-40-20-15-18-38(24-40)69-34-83/h14-32,34H,10-13H2,1-6,8-9H3,(H2,67,86)(H,69,83)(H,70,88)(H,71,87)(H,89,90,91)(H,92,93,94)(H2,72,73,74,75,76)/b44-26+,45-28-,79-77+,80-78+. The minimum absolute atomic E-state index is 0.00966. The van der Waals surface area contributed by atoms with E-state index in [0.29, 0.717) is 71.6 Å². The monoisotopic (exact) mass is 1460 g/mol. The van der Waals surface area contributed by atoms with Gasteiger partial charge in [0.1, 0.15) is 44.4 Å². The van der Waals surface area contributed by atoms with Crippen LogP contribution in [0, 0.1) is 17.9 Å². The lowest BCUT2D eigenvalue weighted by Gasteiger charge is -2.25. The minimum Gasteiger partial charge on any atom is -0.494 e. The van der Waals surface area contributed by atoms with Crippen LogP contribution in [0.1, 0.15) is 67.2 Å². The Hall–Kier alpha value is -11.6. The number of anilines is 9. The number of nitrogens with one attached hydrogen (secondary N) is 5. The summed E-state index contributed by atoms with van der Waals surface area (Å²) >= 11 is 2.27. The molecule has 0 radical (unpaired) electrons. The van der Waals surface area contributed by atoms with Crippen molar-refractivity contribution in [3.63, 3.8) is 0 Å². The molecule has 36 heteroatoms. The number of ether oxygens (including phenoxy) is 2. The molecule has 0 atom stereocenters. The lowest BCUT2D eigenvalue weighted by Crippen LogP contribution is -2.22. The third-order valence-electron chi connectivity index (χ3n) is 14.4. The molecule has 0 unspecified atom stereocenters. The van der Waals surface area contributed by atoms with Crippen molar-refractivity contribution in [2.45, 2.75) is 61.4 Å². The van der Waals surface area contributed by atoms with Crippen LogP contribution >= 0.6 is 34.4 Å². The zero-order valence-corrected chi connectivity index (χ0v) is 58.8. The molecule has 5 aromatic carbocycles. The predicted molar refractivity (Wildman–Crippen MR) is 383 cm³/mol. The molecular weight excluding hydrogens is 1400 g/mol. The highest BCUT2D eigenvalue weighted by Crippen LogP contribution is 2.47. The van der Waals surface area contributed by atoms with Crippen LogP contribution in [0.2, 0.25) is 0 Å². The zero-order chi connectivity index (χ0) is 73.5. The maximum atomic E-state index is 13.7. The number of amides is 4. The van der Waals surface area contributed by atoms with Crippen molar-refractivity contribution in [3.8, 4) is 17.6 Å². The second-order valence-corrected chi connectivity index (χ2v) is 26.7. The summed E-state index contributed by atoms with van der Waals surface area (Å²) in [7, 11) is -7.18. The molecule has 0 spiro atoms. The Labute approximate surface area is 590 Å². The molecule has 8 rings (SSSR count). The molecule has 3 heterocycles. The van der Waals surface area contributed by atoms with Gasteiger partial charge in [-0.25, -0.2) is 4.85 Å². The first-order chi connectivity index (χ1) is 48.1. The van der Waals surface area contributed by atoms with Gasteiger partial charge in [-0.1, -0.05) is 18.2 Å². The summed E-state index contributed by atoms with van der Waals surface area (Å²) in [5.74, 6) is -3.94. The van der Waals surface area contributed by atoms with Crippen molar-refractivity contribution in [2.24, 2.45) is 26.2 Å². The van der Waals surface area contributed by atoms with Crippen molar-refractivity contribution in [3.05, 3.63) is 147 Å². The van der Waals surface area contributed by atoms with Gasteiger partial charge in [-0.15, -0.1) is 38.0 Å². The number of azo groups is 2. The molecular formula is C65H61N17O14S5. The van der Waals surface area contributed by atoms with Crippen LogP contribution in [0.15, 0.2) is 155 Å². The molecule has 0 aliphatic carbocycles. The van der Waals surface area contributed by atoms with E-state index in [2.05, 4.69) is 51.9 Å². The second-order valence-electron chi connectivity index (χ2n) is 20.8. The average molecular weight is 1460 g/mol. The summed E-state index contributed by atoms with van der Waals surface area (Å²) < 4.78 is 83.5. The summed E-state index contributed by atoms with van der Waals surface area (Å²) in [6, 6.07) is 26.5. The van der Waals surface area contributed by atoms with Gasteiger partial charge in [-0.2, -0.15) is 42.2 Å². The summed E-state index contributed by atoms with van der Waals surface area (Å²) in [5, 5.41) is 41.9. The Morgan fingerprint density at radius 1 is 0.683 bits per heavy atom. The predicted octanol–water partition coefficient (Wildman–Crippen LogP) is 13.0. The first kappa shape index (κ1) is 75.1. The number of aromatic nitrogens is 3. The van der Waals surface area contributed by atoms with Gasteiger partial charge in [0.05, 0.1) is 64.5 Å². The van der Waals surface area contributed by atoms with Gasteiger partial charge in [0.2, 0.25) is 29.9 Å². The van der Waals surface area contributed by atoms with Crippen LogP contribution in [0.5, 0.6) is 11.5 Å². The number of carbonyl (C=O) groups excluding carboxylic acids is 6. The Balaban J connectivity index is 1.27. The third kappa shape index (κ3) is 18.8. The number of hydrogen-bond acceptors (Lipinski definition) is 27. The SMILES string of the molecule is [C-]#[N+]c1cc(/C=C(\C(C)=O)C(=O)Nc2cccc(NC=O)c2)sc1/N=N/c1cc(OC)c(N(CC)CC)cc1Nc1nc(Nc2cc(N(CC)CC)c(OC)cc2/N=N/c2sc(/C=C(/C(C)=O)C(=O)Nc3cccc(C(N)=O)c3)c(S(=O)(=O)O)c2C#N)nc(Sc2cccc(S(=O)(=O)O)c2)n1. The van der Waals surface area contributed by atoms with E-state index in [1.807, 2.05) is 37.5 Å². The zero-order valence-electron chi connectivity index (χ0n) is 54.7. The summed E-state index contributed by atoms with van der Waals surface area (Å²) in [6.07, 6.45) is 2.63. The van der Waals surface area contributed by atoms with Crippen molar-refractivity contribution in [1.29, 1.82) is 5.26 Å². The maximum Gasteiger partial charge on any atom is 0.297 e. The van der Waals surface area contributed by atoms with Gasteiger partial charge in [-0.05, 0) is 138 Å². The number of ketones is 2. The Morgan fingerprint density at radius 2 is 1.21 bits per heavy atom. The highest BCUT2D eigenvalue weighted by molar-refractivity contribution is 7.99. The fourth-order valence-corrected chi connectivity index (χ4v) is 14.0. The van der Waals surface area contributed by atoms with Crippen molar-refractivity contribution in [1.82, 2.24) is 15.0 Å². The number of thiophene rings is 2. The van der Waals surface area contributed by atoms with E-state index in [-0.39, 0.29) is 83.6 Å². The number of rotatable bonds is 31. The lowest BCUT2D eigenvalue weighted by atomic mass is 10.1. The molecule has 0 saturated heterocycles. The van der Waals surface area contributed by atoms with Gasteiger partial charge in [0.15, 0.2) is 21.7 Å². The molecule has 0 saturated carbocycles. The van der Waals surface area contributed by atoms with Crippen LogP contribution in [-0.4, -0.2) is 117 Å². The average Bonchev–Trinajstić information content (AvgIpc) is 1.69. The van der Waals surface area contributed by atoms with Gasteiger partial charge in [0.25, 0.3) is 32.1 Å².